The van der Waals surface area contributed by atoms with Gasteiger partial charge in [0.05, 0.1) is 10.5 Å². The molecule has 0 bridgehead atoms. The Bertz CT molecular complexity index is 1290. The summed E-state index contributed by atoms with van der Waals surface area (Å²) in [6, 6.07) is -1.28. The van der Waals surface area contributed by atoms with E-state index in [0.29, 0.717) is 12.8 Å². The quantitative estimate of drug-likeness (QED) is 0.260. The second kappa shape index (κ2) is 12.4. The second-order valence-corrected chi connectivity index (χ2v) is 12.7. The maximum absolute atomic E-state index is 14.4. The molecule has 0 aromatic carbocycles. The Morgan fingerprint density at radius 3 is 2.45 bits per heavy atom. The lowest BCUT2D eigenvalue weighted by atomic mass is 10.1. The Hall–Kier alpha value is -2.87. The predicted octanol–water partition coefficient (Wildman–Crippen LogP) is 6.19. The highest BCUT2D eigenvalue weighted by Gasteiger charge is 2.49. The number of likely N-dealkylation sites (tertiary alicyclic amines) is 1. The first-order valence-electron chi connectivity index (χ1n) is 14.1. The Labute approximate surface area is 245 Å². The first-order chi connectivity index (χ1) is 19.6. The van der Waals surface area contributed by atoms with Crippen molar-refractivity contribution in [3.05, 3.63) is 28.5 Å². The maximum Gasteiger partial charge on any atom is 0.408 e. The summed E-state index contributed by atoms with van der Waals surface area (Å²) in [6.07, 6.45) is -2.88. The number of nitrogens with zero attached hydrogens (tertiary/aromatic N) is 3. The summed E-state index contributed by atoms with van der Waals surface area (Å²) in [6.45, 7) is 6.73. The van der Waals surface area contributed by atoms with Crippen LogP contribution in [-0.2, 0) is 0 Å². The molecule has 42 heavy (non-hydrogen) atoms. The van der Waals surface area contributed by atoms with E-state index in [1.807, 2.05) is 13.8 Å². The number of hydrogen-bond donors (Lipinski definition) is 3. The molecule has 2 fully saturated rings. The third-order valence-electron chi connectivity index (χ3n) is 7.51. The van der Waals surface area contributed by atoms with Gasteiger partial charge in [-0.3, -0.25) is 9.59 Å². The van der Waals surface area contributed by atoms with E-state index in [1.165, 1.54) is 13.8 Å². The van der Waals surface area contributed by atoms with Crippen molar-refractivity contribution in [2.45, 2.75) is 103 Å². The molecule has 2 aromatic heterocycles. The second-order valence-electron chi connectivity index (χ2n) is 11.7. The van der Waals surface area contributed by atoms with E-state index in [0.717, 1.165) is 49.3 Å². The average molecular weight is 618 g/mol. The van der Waals surface area contributed by atoms with Crippen LogP contribution in [0.15, 0.2) is 12.3 Å². The van der Waals surface area contributed by atoms with Gasteiger partial charge >= 0.3 is 6.18 Å². The van der Waals surface area contributed by atoms with E-state index in [-0.39, 0.29) is 45.6 Å². The number of carbonyl (C=O) groups excluding carboxylic acids is 2. The smallest absolute Gasteiger partial charge is 0.389 e. The summed E-state index contributed by atoms with van der Waals surface area (Å²) in [5.41, 5.74) is -2.26. The van der Waals surface area contributed by atoms with E-state index in [4.69, 9.17) is 0 Å². The van der Waals surface area contributed by atoms with Crippen molar-refractivity contribution in [1.29, 1.82) is 0 Å². The molecular formula is C28H36F5N5O3S. The highest BCUT2D eigenvalue weighted by Crippen LogP contribution is 2.43. The Kier molecular flexibility index (Phi) is 9.46. The molecule has 3 atom stereocenters. The van der Waals surface area contributed by atoms with Crippen LogP contribution < -0.4 is 10.6 Å². The summed E-state index contributed by atoms with van der Waals surface area (Å²) in [7, 11) is 0. The average Bonchev–Trinajstić information content (AvgIpc) is 3.53. The van der Waals surface area contributed by atoms with Gasteiger partial charge < -0.3 is 20.6 Å². The molecule has 0 spiro atoms. The minimum Gasteiger partial charge on any atom is -0.389 e. The molecular weight excluding hydrogens is 581 g/mol. The summed E-state index contributed by atoms with van der Waals surface area (Å²) >= 11 is 0.719. The van der Waals surface area contributed by atoms with Gasteiger partial charge in [-0.05, 0) is 64.9 Å². The first kappa shape index (κ1) is 32.1. The highest BCUT2D eigenvalue weighted by molar-refractivity contribution is 7.17. The topological polar surface area (TPSA) is 107 Å². The van der Waals surface area contributed by atoms with Gasteiger partial charge in [0.15, 0.2) is 5.01 Å². The maximum atomic E-state index is 14.4. The predicted molar refractivity (Wildman–Crippen MR) is 149 cm³/mol. The van der Waals surface area contributed by atoms with Gasteiger partial charge in [-0.15, -0.1) is 11.3 Å². The van der Waals surface area contributed by atoms with E-state index < -0.39 is 47.5 Å². The van der Waals surface area contributed by atoms with Crippen LogP contribution in [0.1, 0.15) is 98.5 Å². The van der Waals surface area contributed by atoms with Gasteiger partial charge in [-0.25, -0.2) is 18.7 Å². The zero-order valence-corrected chi connectivity index (χ0v) is 24.7. The number of amides is 2. The third-order valence-corrected chi connectivity index (χ3v) is 8.60. The lowest BCUT2D eigenvalue weighted by Gasteiger charge is -2.28. The van der Waals surface area contributed by atoms with Gasteiger partial charge in [0.1, 0.15) is 17.6 Å². The van der Waals surface area contributed by atoms with Crippen LogP contribution in [0.4, 0.5) is 27.8 Å². The molecule has 2 aliphatic rings. The summed E-state index contributed by atoms with van der Waals surface area (Å²) in [4.78, 5) is 36.8. The van der Waals surface area contributed by atoms with E-state index in [1.54, 1.807) is 4.90 Å². The van der Waals surface area contributed by atoms with Gasteiger partial charge in [-0.1, -0.05) is 13.3 Å². The van der Waals surface area contributed by atoms with Crippen LogP contribution in [0.2, 0.25) is 0 Å². The van der Waals surface area contributed by atoms with Gasteiger partial charge in [0.25, 0.3) is 18.2 Å². The first-order valence-corrected chi connectivity index (χ1v) is 14.9. The van der Waals surface area contributed by atoms with Crippen LogP contribution in [0, 0.1) is 5.92 Å². The van der Waals surface area contributed by atoms with Crippen LogP contribution in [0.3, 0.4) is 0 Å². The van der Waals surface area contributed by atoms with Crippen molar-refractivity contribution in [2.75, 3.05) is 11.9 Å². The number of alkyl halides is 5. The Balaban J connectivity index is 1.77. The Morgan fingerprint density at radius 2 is 1.88 bits per heavy atom. The van der Waals surface area contributed by atoms with Crippen molar-refractivity contribution < 1.29 is 36.6 Å². The highest BCUT2D eigenvalue weighted by atomic mass is 32.1. The van der Waals surface area contributed by atoms with Crippen molar-refractivity contribution in [1.82, 2.24) is 20.2 Å². The third kappa shape index (κ3) is 7.36. The number of rotatable bonds is 11. The zero-order valence-electron chi connectivity index (χ0n) is 23.9. The summed E-state index contributed by atoms with van der Waals surface area (Å²) in [5, 5.41) is 14.6. The number of carbonyl (C=O) groups is 2. The number of anilines is 1. The number of pyridine rings is 1. The SMILES string of the molecule is CCCC1CCC(C)N1C(=O)c1nc(C(=O)NCC(C)(C)O)sc1-c1cnc(NC(C2CC2)C(F)(F)F)cc1C(F)F. The number of aromatic nitrogens is 2. The van der Waals surface area contributed by atoms with Crippen molar-refractivity contribution in [3.8, 4) is 10.4 Å². The fourth-order valence-electron chi connectivity index (χ4n) is 5.27. The zero-order chi connectivity index (χ0) is 31.0. The molecule has 4 rings (SSSR count). The van der Waals surface area contributed by atoms with Gasteiger partial charge in [0, 0.05) is 36.0 Å². The van der Waals surface area contributed by atoms with Crippen LogP contribution in [0.25, 0.3) is 10.4 Å². The molecule has 2 aromatic rings. The molecule has 232 valence electrons. The minimum atomic E-state index is -4.59. The molecule has 8 nitrogen and oxygen atoms in total. The summed E-state index contributed by atoms with van der Waals surface area (Å²) < 4.78 is 69.6. The number of nitrogens with one attached hydrogen (secondary N) is 2. The minimum absolute atomic E-state index is 0.0216. The van der Waals surface area contributed by atoms with Gasteiger partial charge in [-0.2, -0.15) is 13.2 Å². The lowest BCUT2D eigenvalue weighted by Crippen LogP contribution is -2.40. The largest absolute Gasteiger partial charge is 0.408 e. The number of halogens is 5. The molecule has 3 heterocycles. The normalized spacial score (nSPS) is 20.2. The van der Waals surface area contributed by atoms with Gasteiger partial charge in [0.2, 0.25) is 0 Å². The van der Waals surface area contributed by atoms with Crippen LogP contribution in [-0.4, -0.2) is 68.2 Å². The van der Waals surface area contributed by atoms with E-state index in [2.05, 4.69) is 20.6 Å². The van der Waals surface area contributed by atoms with Crippen molar-refractivity contribution >= 4 is 29.0 Å². The lowest BCUT2D eigenvalue weighted by molar-refractivity contribution is -0.146. The summed E-state index contributed by atoms with van der Waals surface area (Å²) in [5.74, 6) is -2.24. The molecule has 1 saturated heterocycles. The fourth-order valence-corrected chi connectivity index (χ4v) is 6.27. The van der Waals surface area contributed by atoms with Crippen LogP contribution in [0.5, 0.6) is 0 Å². The number of thiazole rings is 1. The molecule has 1 aliphatic heterocycles. The van der Waals surface area contributed by atoms with Crippen LogP contribution >= 0.6 is 11.3 Å². The molecule has 0 radical (unpaired) electrons. The van der Waals surface area contributed by atoms with Crippen molar-refractivity contribution in [2.24, 2.45) is 5.92 Å². The molecule has 14 heteroatoms. The van der Waals surface area contributed by atoms with Crippen molar-refractivity contribution in [3.63, 3.8) is 0 Å². The number of hydrogen-bond acceptors (Lipinski definition) is 7. The molecule has 3 N–H and O–H groups in total. The molecule has 2 amide bonds. The fraction of sp³-hybridized carbons (Fsp3) is 0.643. The molecule has 3 unspecified atom stereocenters. The molecule has 1 aliphatic carbocycles. The Morgan fingerprint density at radius 1 is 1.19 bits per heavy atom. The standard InChI is InChI=1S/C28H36F5N5O3S/c1-5-6-16-10-7-14(2)38(16)26(40)20-21(42-25(37-20)24(39)35-13-27(3,4)41)18-12-34-19(11-17(18)23(29)30)36-22(15-8-9-15)28(31,32)33/h11-12,14-16,22-23,41H,5-10,13H2,1-4H3,(H,34,36)(H,35,39). The van der Waals surface area contributed by atoms with E-state index >= 15 is 0 Å². The molecule has 1 saturated carbocycles. The number of aliphatic hydroxyl groups is 1. The van der Waals surface area contributed by atoms with E-state index in [9.17, 15) is 36.6 Å². The monoisotopic (exact) mass is 617 g/mol.